The predicted octanol–water partition coefficient (Wildman–Crippen LogP) is 3.56. The van der Waals surface area contributed by atoms with E-state index in [1.165, 1.54) is 27.8 Å². The Bertz CT molecular complexity index is 568. The summed E-state index contributed by atoms with van der Waals surface area (Å²) in [6.45, 7) is 8.43. The van der Waals surface area contributed by atoms with Crippen LogP contribution >= 0.6 is 0 Å². The fraction of sp³-hybridized carbons (Fsp3) is 0.353. The number of nitrogens with two attached hydrogens (primary N) is 1. The van der Waals surface area contributed by atoms with Crippen molar-refractivity contribution in [3.8, 4) is 0 Å². The number of hydrogen-bond acceptors (Lipinski definition) is 2. The monoisotopic (exact) mass is 254 g/mol. The molecule has 0 spiro atoms. The second-order valence-electron chi connectivity index (χ2n) is 5.40. The quantitative estimate of drug-likeness (QED) is 0.909. The number of hydrogen-bond donors (Lipinski definition) is 1. The molecule has 2 N–H and O–H groups in total. The van der Waals surface area contributed by atoms with E-state index in [2.05, 4.69) is 56.9 Å². The van der Waals surface area contributed by atoms with Gasteiger partial charge in [-0.05, 0) is 61.9 Å². The molecule has 1 atom stereocenters. The summed E-state index contributed by atoms with van der Waals surface area (Å²) < 4.78 is 0. The van der Waals surface area contributed by atoms with Crippen LogP contribution in [0.3, 0.4) is 0 Å². The van der Waals surface area contributed by atoms with Gasteiger partial charge < -0.3 is 5.73 Å². The van der Waals surface area contributed by atoms with E-state index < -0.39 is 0 Å². The highest BCUT2D eigenvalue weighted by molar-refractivity contribution is 5.35. The van der Waals surface area contributed by atoms with Crippen molar-refractivity contribution in [3.63, 3.8) is 0 Å². The summed E-state index contributed by atoms with van der Waals surface area (Å²) in [7, 11) is 0. The van der Waals surface area contributed by atoms with E-state index in [1.807, 2.05) is 6.20 Å². The molecule has 0 aliphatic rings. The highest BCUT2D eigenvalue weighted by Crippen LogP contribution is 2.22. The lowest BCUT2D eigenvalue weighted by Gasteiger charge is -2.17. The first-order valence-corrected chi connectivity index (χ1v) is 6.73. The zero-order valence-electron chi connectivity index (χ0n) is 12.2. The maximum absolute atomic E-state index is 6.35. The summed E-state index contributed by atoms with van der Waals surface area (Å²) in [4.78, 5) is 4.51. The SMILES string of the molecule is Cc1cnc(C(N)Cc2c(C)cccc2C)c(C)c1. The third kappa shape index (κ3) is 3.02. The largest absolute Gasteiger partial charge is 0.322 e. The first-order chi connectivity index (χ1) is 8.99. The lowest BCUT2D eigenvalue weighted by atomic mass is 9.94. The van der Waals surface area contributed by atoms with Crippen LogP contribution in [-0.4, -0.2) is 4.98 Å². The van der Waals surface area contributed by atoms with E-state index in [4.69, 9.17) is 5.73 Å². The molecule has 1 aromatic heterocycles. The zero-order chi connectivity index (χ0) is 14.0. The highest BCUT2D eigenvalue weighted by Gasteiger charge is 2.14. The molecule has 1 unspecified atom stereocenters. The molecule has 100 valence electrons. The Morgan fingerprint density at radius 3 is 2.26 bits per heavy atom. The fourth-order valence-electron chi connectivity index (χ4n) is 2.60. The summed E-state index contributed by atoms with van der Waals surface area (Å²) in [5, 5.41) is 0. The molecule has 0 aliphatic heterocycles. The first kappa shape index (κ1) is 13.8. The molecule has 1 aromatic carbocycles. The van der Waals surface area contributed by atoms with Crippen molar-refractivity contribution >= 4 is 0 Å². The maximum atomic E-state index is 6.35. The molecule has 2 aromatic rings. The Kier molecular flexibility index (Phi) is 4.01. The van der Waals surface area contributed by atoms with Gasteiger partial charge in [0.1, 0.15) is 0 Å². The van der Waals surface area contributed by atoms with Gasteiger partial charge in [-0.3, -0.25) is 4.98 Å². The number of aromatic nitrogens is 1. The van der Waals surface area contributed by atoms with Crippen LogP contribution in [0.4, 0.5) is 0 Å². The summed E-state index contributed by atoms with van der Waals surface area (Å²) in [5.41, 5.74) is 13.7. The van der Waals surface area contributed by atoms with Gasteiger partial charge in [0.05, 0.1) is 11.7 Å². The fourth-order valence-corrected chi connectivity index (χ4v) is 2.60. The minimum atomic E-state index is -0.0413. The molecule has 2 rings (SSSR count). The molecular weight excluding hydrogens is 232 g/mol. The molecule has 0 saturated carbocycles. The summed E-state index contributed by atoms with van der Waals surface area (Å²) in [6.07, 6.45) is 2.74. The lowest BCUT2D eigenvalue weighted by molar-refractivity contribution is 0.684. The van der Waals surface area contributed by atoms with E-state index in [1.54, 1.807) is 0 Å². The standard InChI is InChI=1S/C17H22N2/c1-11-8-14(4)17(19-10-11)16(18)9-15-12(2)6-5-7-13(15)3/h5-8,10,16H,9,18H2,1-4H3. The van der Waals surface area contributed by atoms with Gasteiger partial charge in [0, 0.05) is 6.20 Å². The van der Waals surface area contributed by atoms with E-state index in [0.717, 1.165) is 12.1 Å². The van der Waals surface area contributed by atoms with Crippen molar-refractivity contribution in [2.45, 2.75) is 40.2 Å². The van der Waals surface area contributed by atoms with Crippen LogP contribution in [-0.2, 0) is 6.42 Å². The van der Waals surface area contributed by atoms with Gasteiger partial charge in [0.25, 0.3) is 0 Å². The average molecular weight is 254 g/mol. The Balaban J connectivity index is 2.28. The van der Waals surface area contributed by atoms with Crippen molar-refractivity contribution in [3.05, 3.63) is 64.0 Å². The van der Waals surface area contributed by atoms with E-state index in [0.29, 0.717) is 0 Å². The molecule has 0 amide bonds. The van der Waals surface area contributed by atoms with Crippen molar-refractivity contribution in [2.75, 3.05) is 0 Å². The average Bonchev–Trinajstić information content (AvgIpc) is 2.33. The van der Waals surface area contributed by atoms with Gasteiger partial charge in [-0.25, -0.2) is 0 Å². The van der Waals surface area contributed by atoms with Gasteiger partial charge in [0.2, 0.25) is 0 Å². The molecule has 0 aliphatic carbocycles. The van der Waals surface area contributed by atoms with Crippen LogP contribution in [0.5, 0.6) is 0 Å². The van der Waals surface area contributed by atoms with Crippen LogP contribution in [0.2, 0.25) is 0 Å². The minimum absolute atomic E-state index is 0.0413. The van der Waals surface area contributed by atoms with Gasteiger partial charge in [0.15, 0.2) is 0 Å². The predicted molar refractivity (Wildman–Crippen MR) is 80.3 cm³/mol. The van der Waals surface area contributed by atoms with E-state index >= 15 is 0 Å². The van der Waals surface area contributed by atoms with Crippen LogP contribution in [0.25, 0.3) is 0 Å². The Morgan fingerprint density at radius 2 is 1.68 bits per heavy atom. The molecule has 2 nitrogen and oxygen atoms in total. The third-order valence-electron chi connectivity index (χ3n) is 3.68. The van der Waals surface area contributed by atoms with Crippen LogP contribution in [0.1, 0.15) is 39.6 Å². The normalized spacial score (nSPS) is 12.5. The maximum Gasteiger partial charge on any atom is 0.0603 e. The van der Waals surface area contributed by atoms with E-state index in [9.17, 15) is 0 Å². The molecular formula is C17H22N2. The summed E-state index contributed by atoms with van der Waals surface area (Å²) in [6, 6.07) is 8.48. The lowest BCUT2D eigenvalue weighted by Crippen LogP contribution is -2.17. The van der Waals surface area contributed by atoms with Crippen molar-refractivity contribution in [2.24, 2.45) is 5.73 Å². The summed E-state index contributed by atoms with van der Waals surface area (Å²) in [5.74, 6) is 0. The second kappa shape index (κ2) is 5.54. The summed E-state index contributed by atoms with van der Waals surface area (Å²) >= 11 is 0. The Morgan fingerprint density at radius 1 is 1.05 bits per heavy atom. The molecule has 1 heterocycles. The highest BCUT2D eigenvalue weighted by atomic mass is 14.8. The van der Waals surface area contributed by atoms with Crippen molar-refractivity contribution in [1.82, 2.24) is 4.98 Å². The number of benzene rings is 1. The van der Waals surface area contributed by atoms with Crippen molar-refractivity contribution < 1.29 is 0 Å². The molecule has 2 heteroatoms. The molecule has 0 radical (unpaired) electrons. The smallest absolute Gasteiger partial charge is 0.0603 e. The van der Waals surface area contributed by atoms with Crippen molar-refractivity contribution in [1.29, 1.82) is 0 Å². The van der Waals surface area contributed by atoms with Crippen LogP contribution in [0.15, 0.2) is 30.5 Å². The number of aryl methyl sites for hydroxylation is 4. The molecule has 0 fully saturated rings. The van der Waals surface area contributed by atoms with Gasteiger partial charge >= 0.3 is 0 Å². The number of pyridine rings is 1. The van der Waals surface area contributed by atoms with Gasteiger partial charge in [-0.1, -0.05) is 24.3 Å². The second-order valence-corrected chi connectivity index (χ2v) is 5.40. The molecule has 0 bridgehead atoms. The van der Waals surface area contributed by atoms with Crippen LogP contribution in [0, 0.1) is 27.7 Å². The zero-order valence-corrected chi connectivity index (χ0v) is 12.2. The first-order valence-electron chi connectivity index (χ1n) is 6.73. The Labute approximate surface area is 115 Å². The van der Waals surface area contributed by atoms with Gasteiger partial charge in [-0.15, -0.1) is 0 Å². The minimum Gasteiger partial charge on any atom is -0.322 e. The van der Waals surface area contributed by atoms with Gasteiger partial charge in [-0.2, -0.15) is 0 Å². The Hall–Kier alpha value is -1.67. The number of nitrogens with zero attached hydrogens (tertiary/aromatic N) is 1. The number of rotatable bonds is 3. The molecule has 0 saturated heterocycles. The van der Waals surface area contributed by atoms with Crippen LogP contribution < -0.4 is 5.73 Å². The van der Waals surface area contributed by atoms with E-state index in [-0.39, 0.29) is 6.04 Å². The molecule has 19 heavy (non-hydrogen) atoms. The topological polar surface area (TPSA) is 38.9 Å². The third-order valence-corrected chi connectivity index (χ3v) is 3.68.